The van der Waals surface area contributed by atoms with Crippen molar-refractivity contribution in [1.82, 2.24) is 14.8 Å². The Kier molecular flexibility index (Phi) is 8.64. The van der Waals surface area contributed by atoms with E-state index < -0.39 is 0 Å². The highest BCUT2D eigenvalue weighted by Crippen LogP contribution is 2.38. The van der Waals surface area contributed by atoms with Crippen molar-refractivity contribution >= 4 is 23.3 Å². The molecule has 0 N–H and O–H groups in total. The van der Waals surface area contributed by atoms with Gasteiger partial charge in [0.25, 0.3) is 5.91 Å². The molecular formula is C31H45N5O2. The van der Waals surface area contributed by atoms with Crippen molar-refractivity contribution in [1.29, 1.82) is 0 Å². The minimum absolute atomic E-state index is 0.0463. The first-order valence-electron chi connectivity index (χ1n) is 14.2. The van der Waals surface area contributed by atoms with E-state index in [2.05, 4.69) is 66.7 Å². The van der Waals surface area contributed by atoms with Crippen LogP contribution in [0.1, 0.15) is 80.9 Å². The summed E-state index contributed by atoms with van der Waals surface area (Å²) in [6, 6.07) is 10.7. The number of pyridine rings is 1. The molecule has 1 aromatic carbocycles. The van der Waals surface area contributed by atoms with Gasteiger partial charge in [0.2, 0.25) is 5.91 Å². The Balaban J connectivity index is 1.45. The fourth-order valence-corrected chi connectivity index (χ4v) is 6.01. The van der Waals surface area contributed by atoms with Gasteiger partial charge in [0.1, 0.15) is 5.82 Å². The van der Waals surface area contributed by atoms with Gasteiger partial charge in [0.05, 0.1) is 6.04 Å². The first-order chi connectivity index (χ1) is 18.1. The number of fused-ring (bicyclic) bond motifs is 1. The fourth-order valence-electron chi connectivity index (χ4n) is 6.01. The van der Waals surface area contributed by atoms with Crippen molar-refractivity contribution in [2.45, 2.75) is 77.9 Å². The summed E-state index contributed by atoms with van der Waals surface area (Å²) in [6.07, 6.45) is 6.16. The second-order valence-electron chi connectivity index (χ2n) is 11.9. The molecule has 2 heterocycles. The zero-order chi connectivity index (χ0) is 27.6. The number of anilines is 2. The fraction of sp³-hybridized carbons (Fsp3) is 0.581. The van der Waals surface area contributed by atoms with Gasteiger partial charge in [-0.2, -0.15) is 0 Å². The molecule has 1 fully saturated rings. The van der Waals surface area contributed by atoms with Crippen LogP contribution in [0.15, 0.2) is 36.5 Å². The smallest absolute Gasteiger partial charge is 0.253 e. The molecule has 2 aliphatic rings. The lowest BCUT2D eigenvalue weighted by molar-refractivity contribution is -0.136. The van der Waals surface area contributed by atoms with Crippen molar-refractivity contribution in [3.8, 4) is 0 Å². The molecule has 1 aromatic heterocycles. The number of amides is 2. The number of hydrogen-bond donors (Lipinski definition) is 0. The number of rotatable bonds is 8. The molecule has 0 radical (unpaired) electrons. The predicted octanol–water partition coefficient (Wildman–Crippen LogP) is 5.16. The molecule has 7 nitrogen and oxygen atoms in total. The van der Waals surface area contributed by atoms with Gasteiger partial charge < -0.3 is 19.6 Å². The van der Waals surface area contributed by atoms with Crippen molar-refractivity contribution < 1.29 is 9.59 Å². The second-order valence-corrected chi connectivity index (χ2v) is 11.9. The minimum atomic E-state index is 0.0463. The first kappa shape index (κ1) is 27.9. The van der Waals surface area contributed by atoms with E-state index in [0.717, 1.165) is 55.7 Å². The second kappa shape index (κ2) is 11.7. The van der Waals surface area contributed by atoms with Crippen molar-refractivity contribution in [2.75, 3.05) is 44.0 Å². The molecule has 206 valence electrons. The molecule has 1 unspecified atom stereocenters. The lowest BCUT2D eigenvalue weighted by atomic mass is 9.99. The standard InChI is InChI=1S/C31H45N5O2/c1-21(2)18-30(37)36(22(3)4)28-11-10-23-8-9-24(19-27(23)28)31(38)34(7)25-13-16-35(17-14-25)26-12-15-32-29(20-26)33(5)6/h8-9,12,15,19-22,25,28H,10-11,13-14,16-18H2,1-7H3. The van der Waals surface area contributed by atoms with Crippen LogP contribution in [-0.2, 0) is 11.2 Å². The Morgan fingerprint density at radius 2 is 1.71 bits per heavy atom. The zero-order valence-electron chi connectivity index (χ0n) is 24.3. The van der Waals surface area contributed by atoms with Crippen LogP contribution in [0.5, 0.6) is 0 Å². The molecule has 7 heteroatoms. The van der Waals surface area contributed by atoms with E-state index in [4.69, 9.17) is 0 Å². The maximum atomic E-state index is 13.6. The molecular weight excluding hydrogens is 474 g/mol. The Morgan fingerprint density at radius 1 is 1.00 bits per heavy atom. The molecule has 1 atom stereocenters. The van der Waals surface area contributed by atoms with Crippen LogP contribution in [0.2, 0.25) is 0 Å². The Morgan fingerprint density at radius 3 is 2.34 bits per heavy atom. The summed E-state index contributed by atoms with van der Waals surface area (Å²) in [5.74, 6) is 1.56. The van der Waals surface area contributed by atoms with Gasteiger partial charge in [0, 0.05) is 76.3 Å². The van der Waals surface area contributed by atoms with E-state index in [-0.39, 0.29) is 29.9 Å². The van der Waals surface area contributed by atoms with Gasteiger partial charge in [-0.3, -0.25) is 9.59 Å². The Labute approximate surface area is 228 Å². The van der Waals surface area contributed by atoms with E-state index in [1.807, 2.05) is 43.2 Å². The van der Waals surface area contributed by atoms with Crippen LogP contribution in [0.25, 0.3) is 0 Å². The number of nitrogens with zero attached hydrogens (tertiary/aromatic N) is 5. The number of carbonyl (C=O) groups excluding carboxylic acids is 2. The van der Waals surface area contributed by atoms with Crippen molar-refractivity contribution in [3.05, 3.63) is 53.2 Å². The molecule has 0 bridgehead atoms. The Hall–Kier alpha value is -3.09. The molecule has 4 rings (SSSR count). The quantitative estimate of drug-likeness (QED) is 0.482. The maximum Gasteiger partial charge on any atom is 0.253 e. The van der Waals surface area contributed by atoms with Gasteiger partial charge in [-0.25, -0.2) is 4.98 Å². The van der Waals surface area contributed by atoms with Crippen molar-refractivity contribution in [3.63, 3.8) is 0 Å². The minimum Gasteiger partial charge on any atom is -0.371 e. The molecule has 1 aliphatic carbocycles. The summed E-state index contributed by atoms with van der Waals surface area (Å²) in [5, 5.41) is 0. The highest BCUT2D eigenvalue weighted by Gasteiger charge is 2.34. The molecule has 1 saturated heterocycles. The summed E-state index contributed by atoms with van der Waals surface area (Å²) in [5.41, 5.74) is 4.33. The van der Waals surface area contributed by atoms with E-state index in [1.165, 1.54) is 11.3 Å². The molecule has 2 aromatic rings. The van der Waals surface area contributed by atoms with Gasteiger partial charge in [0.15, 0.2) is 0 Å². The third kappa shape index (κ3) is 5.97. The molecule has 0 saturated carbocycles. The average molecular weight is 520 g/mol. The number of piperidine rings is 1. The lowest BCUT2D eigenvalue weighted by Crippen LogP contribution is -2.45. The van der Waals surface area contributed by atoms with Gasteiger partial charge in [-0.15, -0.1) is 0 Å². The largest absolute Gasteiger partial charge is 0.371 e. The zero-order valence-corrected chi connectivity index (χ0v) is 24.3. The molecule has 1 aliphatic heterocycles. The highest BCUT2D eigenvalue weighted by atomic mass is 16.2. The summed E-state index contributed by atoms with van der Waals surface area (Å²) in [6.45, 7) is 10.2. The van der Waals surface area contributed by atoms with Crippen LogP contribution in [0.4, 0.5) is 11.5 Å². The van der Waals surface area contributed by atoms with E-state index >= 15 is 0 Å². The predicted molar refractivity (Wildman–Crippen MR) is 155 cm³/mol. The normalized spacial score (nSPS) is 17.6. The summed E-state index contributed by atoms with van der Waals surface area (Å²) < 4.78 is 0. The Bertz CT molecular complexity index is 1140. The first-order valence-corrected chi connectivity index (χ1v) is 14.2. The monoisotopic (exact) mass is 519 g/mol. The number of carbonyl (C=O) groups is 2. The van der Waals surface area contributed by atoms with E-state index in [9.17, 15) is 9.59 Å². The van der Waals surface area contributed by atoms with Gasteiger partial charge >= 0.3 is 0 Å². The molecule has 38 heavy (non-hydrogen) atoms. The summed E-state index contributed by atoms with van der Waals surface area (Å²) >= 11 is 0. The number of aryl methyl sites for hydroxylation is 1. The van der Waals surface area contributed by atoms with E-state index in [0.29, 0.717) is 12.3 Å². The van der Waals surface area contributed by atoms with Crippen LogP contribution in [0, 0.1) is 5.92 Å². The average Bonchev–Trinajstić information content (AvgIpc) is 3.30. The number of hydrogen-bond acceptors (Lipinski definition) is 5. The molecule has 0 spiro atoms. The van der Waals surface area contributed by atoms with Crippen molar-refractivity contribution in [2.24, 2.45) is 5.92 Å². The third-order valence-electron chi connectivity index (χ3n) is 8.09. The van der Waals surface area contributed by atoms with Crippen LogP contribution in [0.3, 0.4) is 0 Å². The van der Waals surface area contributed by atoms with Crippen LogP contribution < -0.4 is 9.80 Å². The van der Waals surface area contributed by atoms with Crippen LogP contribution >= 0.6 is 0 Å². The van der Waals surface area contributed by atoms with Crippen LogP contribution in [-0.4, -0.2) is 72.9 Å². The third-order valence-corrected chi connectivity index (χ3v) is 8.09. The summed E-state index contributed by atoms with van der Waals surface area (Å²) in [7, 11) is 5.95. The summed E-state index contributed by atoms with van der Waals surface area (Å²) in [4.78, 5) is 39.6. The molecule has 2 amide bonds. The van der Waals surface area contributed by atoms with Gasteiger partial charge in [-0.1, -0.05) is 19.9 Å². The topological polar surface area (TPSA) is 60.0 Å². The highest BCUT2D eigenvalue weighted by molar-refractivity contribution is 5.94. The lowest BCUT2D eigenvalue weighted by Gasteiger charge is -2.38. The maximum absolute atomic E-state index is 13.6. The van der Waals surface area contributed by atoms with Gasteiger partial charge in [-0.05, 0) is 74.8 Å². The number of aromatic nitrogens is 1. The SMILES string of the molecule is CC(C)CC(=O)N(C(C)C)C1CCc2ccc(C(=O)N(C)C3CCN(c4ccnc(N(C)C)c4)CC3)cc21. The van der Waals surface area contributed by atoms with E-state index in [1.54, 1.807) is 0 Å². The number of benzene rings is 1.